The molecule has 2 aromatic rings. The van der Waals surface area contributed by atoms with Crippen LogP contribution in [0.5, 0.6) is 5.75 Å². The molecule has 0 aromatic heterocycles. The lowest BCUT2D eigenvalue weighted by Gasteiger charge is -2.11. The van der Waals surface area contributed by atoms with Crippen molar-refractivity contribution in [3.05, 3.63) is 64.7 Å². The summed E-state index contributed by atoms with van der Waals surface area (Å²) in [7, 11) is 1.38. The van der Waals surface area contributed by atoms with Gasteiger partial charge in [-0.3, -0.25) is 34.8 Å². The number of halogens is 1. The van der Waals surface area contributed by atoms with Crippen LogP contribution in [-0.2, 0) is 19.1 Å². The van der Waals surface area contributed by atoms with Gasteiger partial charge in [0.1, 0.15) is 5.75 Å². The van der Waals surface area contributed by atoms with E-state index in [0.717, 1.165) is 0 Å². The number of Topliss-reactive ketones (excluding diaryl/α,β-unsaturated/α-hetero) is 1. The first kappa shape index (κ1) is 26.3. The summed E-state index contributed by atoms with van der Waals surface area (Å²) in [6, 6.07) is 13.0. The molecule has 11 heteroatoms. The zero-order valence-electron chi connectivity index (χ0n) is 18.4. The number of benzene rings is 2. The Balaban J connectivity index is 1.61. The van der Waals surface area contributed by atoms with Crippen molar-refractivity contribution in [3.8, 4) is 5.75 Å². The number of ketones is 1. The van der Waals surface area contributed by atoms with E-state index >= 15 is 0 Å². The molecular formula is C23H24ClN3O7. The van der Waals surface area contributed by atoms with Crippen molar-refractivity contribution >= 4 is 41.1 Å². The minimum Gasteiger partial charge on any atom is -0.496 e. The molecule has 2 aromatic carbocycles. The lowest BCUT2D eigenvalue weighted by atomic mass is 10.1. The first-order valence-corrected chi connectivity index (χ1v) is 10.6. The van der Waals surface area contributed by atoms with Gasteiger partial charge in [-0.1, -0.05) is 41.9 Å². The predicted octanol–water partition coefficient (Wildman–Crippen LogP) is 1.82. The molecule has 10 nitrogen and oxygen atoms in total. The third-order valence-electron chi connectivity index (χ3n) is 4.41. The van der Waals surface area contributed by atoms with Crippen LogP contribution in [0.4, 0.5) is 0 Å². The minimum absolute atomic E-state index is 0.00981. The van der Waals surface area contributed by atoms with Crippen LogP contribution in [0.1, 0.15) is 40.0 Å². The highest BCUT2D eigenvalue weighted by atomic mass is 35.5. The molecule has 0 bridgehead atoms. The standard InChI is InChI=1S/C23H24ClN3O7/c1-33-19-9-7-16(24)13-17(19)23(32)27-26-21(30)14-34-22(31)11-12-25-20(29)10-8-18(28)15-5-3-2-4-6-15/h2-7,9,13H,8,10-12,14H2,1H3,(H,25,29)(H,26,30)(H,27,32). The number of hydrogen-bond acceptors (Lipinski definition) is 7. The summed E-state index contributed by atoms with van der Waals surface area (Å²) < 4.78 is 9.85. The Labute approximate surface area is 200 Å². The summed E-state index contributed by atoms with van der Waals surface area (Å²) in [6.45, 7) is -0.643. The smallest absolute Gasteiger partial charge is 0.308 e. The van der Waals surface area contributed by atoms with Crippen LogP contribution < -0.4 is 20.9 Å². The SMILES string of the molecule is COc1ccc(Cl)cc1C(=O)NNC(=O)COC(=O)CCNC(=O)CCC(=O)c1ccccc1. The van der Waals surface area contributed by atoms with Gasteiger partial charge in [-0.15, -0.1) is 0 Å². The van der Waals surface area contributed by atoms with Gasteiger partial charge in [0, 0.05) is 30.0 Å². The van der Waals surface area contributed by atoms with Crippen molar-refractivity contribution in [1.82, 2.24) is 16.2 Å². The second-order valence-corrected chi connectivity index (χ2v) is 7.33. The molecule has 0 fully saturated rings. The number of carbonyl (C=O) groups excluding carboxylic acids is 5. The number of rotatable bonds is 11. The lowest BCUT2D eigenvalue weighted by molar-refractivity contribution is -0.148. The molecule has 34 heavy (non-hydrogen) atoms. The van der Waals surface area contributed by atoms with Gasteiger partial charge >= 0.3 is 5.97 Å². The lowest BCUT2D eigenvalue weighted by Crippen LogP contribution is -2.43. The second kappa shape index (κ2) is 13.6. The number of hydrogen-bond donors (Lipinski definition) is 3. The Hall–Kier alpha value is -3.92. The maximum Gasteiger partial charge on any atom is 0.308 e. The van der Waals surface area contributed by atoms with Crippen LogP contribution in [-0.4, -0.2) is 49.7 Å². The van der Waals surface area contributed by atoms with E-state index in [2.05, 4.69) is 16.2 Å². The van der Waals surface area contributed by atoms with Crippen molar-refractivity contribution in [2.24, 2.45) is 0 Å². The zero-order valence-corrected chi connectivity index (χ0v) is 19.1. The maximum atomic E-state index is 12.2. The number of methoxy groups -OCH3 is 1. The molecule has 0 spiro atoms. The molecule has 0 heterocycles. The zero-order chi connectivity index (χ0) is 24.9. The van der Waals surface area contributed by atoms with Gasteiger partial charge in [-0.25, -0.2) is 0 Å². The predicted molar refractivity (Wildman–Crippen MR) is 122 cm³/mol. The fourth-order valence-corrected chi connectivity index (χ4v) is 2.87. The Kier molecular flexibility index (Phi) is 10.5. The molecular weight excluding hydrogens is 466 g/mol. The van der Waals surface area contributed by atoms with Gasteiger partial charge in [0.2, 0.25) is 5.91 Å². The van der Waals surface area contributed by atoms with Gasteiger partial charge in [0.15, 0.2) is 12.4 Å². The van der Waals surface area contributed by atoms with Gasteiger partial charge in [-0.2, -0.15) is 0 Å². The monoisotopic (exact) mass is 489 g/mol. The first-order chi connectivity index (χ1) is 16.3. The highest BCUT2D eigenvalue weighted by molar-refractivity contribution is 6.31. The van der Waals surface area contributed by atoms with E-state index in [1.54, 1.807) is 36.4 Å². The molecule has 0 aliphatic heterocycles. The molecule has 3 N–H and O–H groups in total. The van der Waals surface area contributed by atoms with Crippen LogP contribution in [0.15, 0.2) is 48.5 Å². The normalized spacial score (nSPS) is 10.1. The summed E-state index contributed by atoms with van der Waals surface area (Å²) in [5.74, 6) is -2.44. The molecule has 0 aliphatic carbocycles. The highest BCUT2D eigenvalue weighted by Crippen LogP contribution is 2.22. The van der Waals surface area contributed by atoms with Crippen molar-refractivity contribution in [2.45, 2.75) is 19.3 Å². The number of ether oxygens (including phenoxy) is 2. The second-order valence-electron chi connectivity index (χ2n) is 6.90. The summed E-state index contributed by atoms with van der Waals surface area (Å²) in [4.78, 5) is 59.5. The third kappa shape index (κ3) is 8.91. The Morgan fingerprint density at radius 1 is 0.882 bits per heavy atom. The molecule has 0 radical (unpaired) electrons. The average molecular weight is 490 g/mol. The van der Waals surface area contributed by atoms with Crippen molar-refractivity contribution < 1.29 is 33.4 Å². The average Bonchev–Trinajstić information content (AvgIpc) is 2.85. The Morgan fingerprint density at radius 2 is 1.62 bits per heavy atom. The van der Waals surface area contributed by atoms with Gasteiger partial charge in [-0.05, 0) is 18.2 Å². The Morgan fingerprint density at radius 3 is 2.32 bits per heavy atom. The number of amides is 3. The van der Waals surface area contributed by atoms with Crippen LogP contribution in [0.2, 0.25) is 5.02 Å². The molecule has 3 amide bonds. The first-order valence-electron chi connectivity index (χ1n) is 10.2. The molecule has 0 atom stereocenters. The molecule has 0 aliphatic rings. The summed E-state index contributed by atoms with van der Waals surface area (Å²) in [6.07, 6.45) is -0.132. The van der Waals surface area contributed by atoms with Gasteiger partial charge < -0.3 is 14.8 Å². The quantitative estimate of drug-likeness (QED) is 0.248. The molecule has 0 saturated carbocycles. The minimum atomic E-state index is -0.772. The van der Waals surface area contributed by atoms with Crippen LogP contribution in [0.3, 0.4) is 0 Å². The largest absolute Gasteiger partial charge is 0.496 e. The maximum absolute atomic E-state index is 12.2. The summed E-state index contributed by atoms with van der Waals surface area (Å²) in [5, 5.41) is 2.82. The molecule has 0 unspecified atom stereocenters. The fourth-order valence-electron chi connectivity index (χ4n) is 2.69. The van der Waals surface area contributed by atoms with E-state index in [-0.39, 0.29) is 48.8 Å². The number of carbonyl (C=O) groups is 5. The van der Waals surface area contributed by atoms with E-state index in [1.807, 2.05) is 0 Å². The molecule has 2 rings (SSSR count). The van der Waals surface area contributed by atoms with Crippen LogP contribution >= 0.6 is 11.6 Å². The van der Waals surface area contributed by atoms with Gasteiger partial charge in [0.25, 0.3) is 11.8 Å². The number of esters is 1. The van der Waals surface area contributed by atoms with Crippen molar-refractivity contribution in [3.63, 3.8) is 0 Å². The fraction of sp³-hybridized carbons (Fsp3) is 0.261. The van der Waals surface area contributed by atoms with Crippen LogP contribution in [0.25, 0.3) is 0 Å². The summed E-state index contributed by atoms with van der Waals surface area (Å²) in [5.41, 5.74) is 4.90. The topological polar surface area (TPSA) is 140 Å². The summed E-state index contributed by atoms with van der Waals surface area (Å²) >= 11 is 5.86. The van der Waals surface area contributed by atoms with E-state index in [4.69, 9.17) is 21.1 Å². The highest BCUT2D eigenvalue weighted by Gasteiger charge is 2.15. The van der Waals surface area contributed by atoms with Crippen molar-refractivity contribution in [1.29, 1.82) is 0 Å². The molecule has 0 saturated heterocycles. The van der Waals surface area contributed by atoms with E-state index < -0.39 is 24.4 Å². The number of hydrazine groups is 1. The van der Waals surface area contributed by atoms with Gasteiger partial charge in [0.05, 0.1) is 19.1 Å². The van der Waals surface area contributed by atoms with E-state index in [1.165, 1.54) is 19.2 Å². The Bertz CT molecular complexity index is 1040. The van der Waals surface area contributed by atoms with E-state index in [9.17, 15) is 24.0 Å². The number of nitrogens with one attached hydrogen (secondary N) is 3. The molecule has 180 valence electrons. The van der Waals surface area contributed by atoms with Crippen molar-refractivity contribution in [2.75, 3.05) is 20.3 Å². The van der Waals surface area contributed by atoms with Crippen LogP contribution in [0, 0.1) is 0 Å². The van der Waals surface area contributed by atoms with E-state index in [0.29, 0.717) is 10.6 Å². The third-order valence-corrected chi connectivity index (χ3v) is 4.65.